The highest BCUT2D eigenvalue weighted by atomic mass is 35.5. The maximum Gasteiger partial charge on any atom is 0.211 e. The summed E-state index contributed by atoms with van der Waals surface area (Å²) >= 11 is 5.70. The number of rotatable bonds is 8. The summed E-state index contributed by atoms with van der Waals surface area (Å²) in [5, 5.41) is 0. The topological polar surface area (TPSA) is 46.2 Å². The number of halogens is 1. The maximum absolute atomic E-state index is 11.7. The Morgan fingerprint density at radius 1 is 1.38 bits per heavy atom. The van der Waals surface area contributed by atoms with Crippen LogP contribution in [0.2, 0.25) is 0 Å². The van der Waals surface area contributed by atoms with Gasteiger partial charge >= 0.3 is 0 Å². The van der Waals surface area contributed by atoms with Gasteiger partial charge in [0.05, 0.1) is 5.75 Å². The molecule has 0 aromatic rings. The van der Waals surface area contributed by atoms with E-state index in [1.807, 2.05) is 13.8 Å². The fourth-order valence-electron chi connectivity index (χ4n) is 1.62. The van der Waals surface area contributed by atoms with Gasteiger partial charge in [-0.1, -0.05) is 13.8 Å². The van der Waals surface area contributed by atoms with Crippen LogP contribution in [0.4, 0.5) is 0 Å². The summed E-state index contributed by atoms with van der Waals surface area (Å²) in [5.41, 5.74) is 0.173. The molecule has 16 heavy (non-hydrogen) atoms. The lowest BCUT2D eigenvalue weighted by Gasteiger charge is -2.15. The molecule has 5 heteroatoms. The molecule has 1 aliphatic rings. The summed E-state index contributed by atoms with van der Waals surface area (Å²) in [4.78, 5) is 0. The zero-order valence-electron chi connectivity index (χ0n) is 10.1. The van der Waals surface area contributed by atoms with Crippen molar-refractivity contribution in [1.29, 1.82) is 0 Å². The van der Waals surface area contributed by atoms with Gasteiger partial charge in [-0.15, -0.1) is 11.6 Å². The van der Waals surface area contributed by atoms with E-state index in [0.29, 0.717) is 18.3 Å². The van der Waals surface area contributed by atoms with Gasteiger partial charge in [-0.25, -0.2) is 13.1 Å². The Kier molecular flexibility index (Phi) is 5.08. The summed E-state index contributed by atoms with van der Waals surface area (Å²) in [6, 6.07) is 0. The van der Waals surface area contributed by atoms with Crippen molar-refractivity contribution in [3.05, 3.63) is 0 Å². The van der Waals surface area contributed by atoms with E-state index in [1.54, 1.807) is 0 Å². The summed E-state index contributed by atoms with van der Waals surface area (Å²) in [5.74, 6) is 1.28. The Morgan fingerprint density at radius 2 is 2.00 bits per heavy atom. The third-order valence-electron chi connectivity index (χ3n) is 3.21. The molecule has 1 aliphatic carbocycles. The first-order valence-electron chi connectivity index (χ1n) is 5.92. The van der Waals surface area contributed by atoms with Crippen LogP contribution >= 0.6 is 11.6 Å². The average molecular weight is 268 g/mol. The highest BCUT2D eigenvalue weighted by Crippen LogP contribution is 2.48. The van der Waals surface area contributed by atoms with Crippen molar-refractivity contribution >= 4 is 21.6 Å². The van der Waals surface area contributed by atoms with Gasteiger partial charge in [0.1, 0.15) is 0 Å². The number of sulfonamides is 1. The van der Waals surface area contributed by atoms with Gasteiger partial charge in [0.25, 0.3) is 0 Å². The predicted octanol–water partition coefficient (Wildman–Crippen LogP) is 2.36. The maximum atomic E-state index is 11.7. The Morgan fingerprint density at radius 3 is 2.44 bits per heavy atom. The van der Waals surface area contributed by atoms with Crippen molar-refractivity contribution < 1.29 is 8.42 Å². The van der Waals surface area contributed by atoms with Crippen LogP contribution in [0.3, 0.4) is 0 Å². The molecule has 0 heterocycles. The molecular weight excluding hydrogens is 246 g/mol. The summed E-state index contributed by atoms with van der Waals surface area (Å²) in [7, 11) is -3.08. The second-order valence-electron chi connectivity index (χ2n) is 5.26. The molecule has 1 saturated carbocycles. The monoisotopic (exact) mass is 267 g/mol. The normalized spacial score (nSPS) is 19.0. The van der Waals surface area contributed by atoms with Crippen LogP contribution in [-0.2, 0) is 10.0 Å². The summed E-state index contributed by atoms with van der Waals surface area (Å²) in [6.45, 7) is 4.64. The van der Waals surface area contributed by atoms with E-state index < -0.39 is 10.0 Å². The minimum atomic E-state index is -3.08. The molecule has 0 spiro atoms. The van der Waals surface area contributed by atoms with Crippen LogP contribution in [0.15, 0.2) is 0 Å². The lowest BCUT2D eigenvalue weighted by atomic mass is 10.1. The number of nitrogens with one attached hydrogen (secondary N) is 1. The molecule has 0 aromatic carbocycles. The van der Waals surface area contributed by atoms with Gasteiger partial charge in [-0.2, -0.15) is 0 Å². The highest BCUT2D eigenvalue weighted by Gasteiger charge is 2.42. The van der Waals surface area contributed by atoms with Gasteiger partial charge in [0.15, 0.2) is 0 Å². The molecule has 3 nitrogen and oxygen atoms in total. The molecular formula is C11H22ClNO2S. The van der Waals surface area contributed by atoms with E-state index >= 15 is 0 Å². The minimum Gasteiger partial charge on any atom is -0.215 e. The first-order chi connectivity index (χ1) is 7.39. The molecule has 0 radical (unpaired) electrons. The standard InChI is InChI=1S/C11H22ClNO2S/c1-10(2)3-8-16(14,15)13-9-11(4-5-11)6-7-12/h10,13H,3-9H2,1-2H3. The Bertz CT molecular complexity index is 310. The van der Waals surface area contributed by atoms with Gasteiger partial charge in [0.2, 0.25) is 10.0 Å². The van der Waals surface area contributed by atoms with Crippen LogP contribution < -0.4 is 4.72 Å². The summed E-state index contributed by atoms with van der Waals surface area (Å²) in [6.07, 6.45) is 3.85. The smallest absolute Gasteiger partial charge is 0.211 e. The number of hydrogen-bond donors (Lipinski definition) is 1. The molecule has 0 saturated heterocycles. The number of alkyl halides is 1. The zero-order chi connectivity index (χ0) is 12.2. The van der Waals surface area contributed by atoms with Crippen LogP contribution in [0, 0.1) is 11.3 Å². The number of hydrogen-bond acceptors (Lipinski definition) is 2. The van der Waals surface area contributed by atoms with Crippen molar-refractivity contribution in [2.45, 2.75) is 39.5 Å². The van der Waals surface area contributed by atoms with Crippen molar-refractivity contribution in [2.24, 2.45) is 11.3 Å². The Hall–Kier alpha value is 0.200. The van der Waals surface area contributed by atoms with Crippen molar-refractivity contribution in [3.63, 3.8) is 0 Å². The molecule has 1 fully saturated rings. The quantitative estimate of drug-likeness (QED) is 0.687. The lowest BCUT2D eigenvalue weighted by molar-refractivity contribution is 0.476. The van der Waals surface area contributed by atoms with E-state index in [0.717, 1.165) is 25.7 Å². The van der Waals surface area contributed by atoms with Crippen LogP contribution in [0.1, 0.15) is 39.5 Å². The molecule has 96 valence electrons. The zero-order valence-corrected chi connectivity index (χ0v) is 11.7. The molecule has 1 N–H and O–H groups in total. The molecule has 0 unspecified atom stereocenters. The van der Waals surface area contributed by atoms with E-state index in [4.69, 9.17) is 11.6 Å². The minimum absolute atomic E-state index is 0.173. The van der Waals surface area contributed by atoms with Crippen LogP contribution in [-0.4, -0.2) is 26.6 Å². The first kappa shape index (κ1) is 14.3. The molecule has 0 amide bonds. The predicted molar refractivity (Wildman–Crippen MR) is 68.2 cm³/mol. The van der Waals surface area contributed by atoms with Gasteiger partial charge in [0, 0.05) is 12.4 Å². The highest BCUT2D eigenvalue weighted by molar-refractivity contribution is 7.89. The average Bonchev–Trinajstić information content (AvgIpc) is 2.94. The molecule has 1 rings (SSSR count). The third kappa shape index (κ3) is 5.02. The van der Waals surface area contributed by atoms with Gasteiger partial charge in [-0.3, -0.25) is 0 Å². The fraction of sp³-hybridized carbons (Fsp3) is 1.00. The van der Waals surface area contributed by atoms with E-state index in [2.05, 4.69) is 4.72 Å². The molecule has 0 aliphatic heterocycles. The fourth-order valence-corrected chi connectivity index (χ4v) is 3.47. The second kappa shape index (κ2) is 5.69. The van der Waals surface area contributed by atoms with Crippen LogP contribution in [0.25, 0.3) is 0 Å². The van der Waals surface area contributed by atoms with E-state index in [-0.39, 0.29) is 11.2 Å². The van der Waals surface area contributed by atoms with Crippen molar-refractivity contribution in [2.75, 3.05) is 18.2 Å². The largest absolute Gasteiger partial charge is 0.215 e. The Balaban J connectivity index is 2.31. The molecule has 0 bridgehead atoms. The molecule has 0 aromatic heterocycles. The lowest BCUT2D eigenvalue weighted by Crippen LogP contribution is -2.32. The van der Waals surface area contributed by atoms with E-state index in [1.165, 1.54) is 0 Å². The Labute approximate surface area is 104 Å². The second-order valence-corrected chi connectivity index (χ2v) is 7.57. The van der Waals surface area contributed by atoms with Gasteiger partial charge < -0.3 is 0 Å². The van der Waals surface area contributed by atoms with Crippen molar-refractivity contribution in [1.82, 2.24) is 4.72 Å². The molecule has 0 atom stereocenters. The summed E-state index contributed by atoms with van der Waals surface area (Å²) < 4.78 is 26.1. The van der Waals surface area contributed by atoms with Crippen LogP contribution in [0.5, 0.6) is 0 Å². The van der Waals surface area contributed by atoms with Gasteiger partial charge in [-0.05, 0) is 37.0 Å². The van der Waals surface area contributed by atoms with Crippen molar-refractivity contribution in [3.8, 4) is 0 Å². The first-order valence-corrected chi connectivity index (χ1v) is 8.11. The SMILES string of the molecule is CC(C)CCS(=O)(=O)NCC1(CCCl)CC1. The van der Waals surface area contributed by atoms with E-state index in [9.17, 15) is 8.42 Å². The third-order valence-corrected chi connectivity index (χ3v) is 4.76.